The zero-order chi connectivity index (χ0) is 12.3. The second-order valence-electron chi connectivity index (χ2n) is 3.76. The monoisotopic (exact) mass is 262 g/mol. The van der Waals surface area contributed by atoms with Crippen LogP contribution in [-0.4, -0.2) is 21.3 Å². The van der Waals surface area contributed by atoms with Gasteiger partial charge in [-0.25, -0.2) is 8.42 Å². The summed E-state index contributed by atoms with van der Waals surface area (Å²) >= 11 is 0. The molecule has 0 aliphatic heterocycles. The van der Waals surface area contributed by atoms with Gasteiger partial charge in [-0.15, -0.1) is 0 Å². The molecule has 5 heteroatoms. The highest BCUT2D eigenvalue weighted by atomic mass is 35.7. The first-order valence-corrected chi connectivity index (χ1v) is 7.38. The first kappa shape index (κ1) is 13.3. The molecule has 16 heavy (non-hydrogen) atoms. The number of hydrogen-bond acceptors (Lipinski definition) is 3. The summed E-state index contributed by atoms with van der Waals surface area (Å²) in [5.74, 6) is 0.646. The Kier molecular flexibility index (Phi) is 4.21. The Labute approximate surface area is 101 Å². The van der Waals surface area contributed by atoms with Crippen molar-refractivity contribution in [1.29, 1.82) is 0 Å². The van der Waals surface area contributed by atoms with Crippen LogP contribution in [0.2, 0.25) is 0 Å². The molecule has 0 radical (unpaired) electrons. The molecular formula is C11H15ClO3S. The average molecular weight is 263 g/mol. The van der Waals surface area contributed by atoms with Gasteiger partial charge in [-0.1, -0.05) is 6.07 Å². The molecule has 0 aromatic heterocycles. The van der Waals surface area contributed by atoms with Crippen molar-refractivity contribution >= 4 is 19.7 Å². The van der Waals surface area contributed by atoms with E-state index in [9.17, 15) is 8.42 Å². The molecule has 0 aliphatic rings. The van der Waals surface area contributed by atoms with Crippen molar-refractivity contribution in [3.63, 3.8) is 0 Å². The normalized spacial score (nSPS) is 11.5. The predicted octanol–water partition coefficient (Wildman–Crippen LogP) is 2.42. The minimum absolute atomic E-state index is 0.0746. The molecule has 1 rings (SSSR count). The number of benzene rings is 1. The van der Waals surface area contributed by atoms with E-state index >= 15 is 0 Å². The van der Waals surface area contributed by atoms with Gasteiger partial charge in [0.2, 0.25) is 9.05 Å². The van der Waals surface area contributed by atoms with E-state index in [1.165, 1.54) is 0 Å². The van der Waals surface area contributed by atoms with Gasteiger partial charge in [0.05, 0.1) is 12.9 Å². The third kappa shape index (κ3) is 3.68. The lowest BCUT2D eigenvalue weighted by Gasteiger charge is -2.12. The molecule has 0 heterocycles. The van der Waals surface area contributed by atoms with Crippen molar-refractivity contribution in [2.75, 3.05) is 12.9 Å². The summed E-state index contributed by atoms with van der Waals surface area (Å²) in [6.07, 6.45) is 0.376. The molecule has 1 aromatic rings. The van der Waals surface area contributed by atoms with Crippen LogP contribution in [0.1, 0.15) is 16.7 Å². The van der Waals surface area contributed by atoms with Crippen LogP contribution < -0.4 is 4.74 Å². The van der Waals surface area contributed by atoms with E-state index < -0.39 is 9.05 Å². The summed E-state index contributed by atoms with van der Waals surface area (Å²) in [6, 6.07) is 3.89. The Balaban J connectivity index is 3.03. The molecule has 0 atom stereocenters. The Bertz CT molecular complexity index is 480. The highest BCUT2D eigenvalue weighted by molar-refractivity contribution is 8.13. The van der Waals surface area contributed by atoms with Crippen LogP contribution in [-0.2, 0) is 15.5 Å². The third-order valence-electron chi connectivity index (χ3n) is 2.39. The summed E-state index contributed by atoms with van der Waals surface area (Å²) in [6.45, 7) is 3.91. The van der Waals surface area contributed by atoms with Crippen molar-refractivity contribution in [1.82, 2.24) is 0 Å². The van der Waals surface area contributed by atoms with Crippen LogP contribution in [0, 0.1) is 13.8 Å². The van der Waals surface area contributed by atoms with Crippen LogP contribution >= 0.6 is 10.7 Å². The maximum atomic E-state index is 10.9. The lowest BCUT2D eigenvalue weighted by Crippen LogP contribution is -2.04. The van der Waals surface area contributed by atoms with Crippen LogP contribution in [0.25, 0.3) is 0 Å². The zero-order valence-electron chi connectivity index (χ0n) is 9.58. The van der Waals surface area contributed by atoms with Crippen LogP contribution in [0.5, 0.6) is 5.75 Å². The molecule has 0 amide bonds. The van der Waals surface area contributed by atoms with Gasteiger partial charge in [-0.2, -0.15) is 0 Å². The van der Waals surface area contributed by atoms with Gasteiger partial charge in [0.25, 0.3) is 0 Å². The van der Waals surface area contributed by atoms with Crippen LogP contribution in [0.3, 0.4) is 0 Å². The topological polar surface area (TPSA) is 43.4 Å². The first-order valence-electron chi connectivity index (χ1n) is 4.90. The minimum atomic E-state index is -3.46. The minimum Gasteiger partial charge on any atom is -0.496 e. The van der Waals surface area contributed by atoms with Gasteiger partial charge < -0.3 is 4.74 Å². The molecule has 3 nitrogen and oxygen atoms in total. The molecule has 0 aliphatic carbocycles. The zero-order valence-corrected chi connectivity index (χ0v) is 11.2. The first-order chi connectivity index (χ1) is 7.33. The van der Waals surface area contributed by atoms with Gasteiger partial charge in [-0.05, 0) is 43.0 Å². The van der Waals surface area contributed by atoms with Crippen LogP contribution in [0.4, 0.5) is 0 Å². The fraction of sp³-hybridized carbons (Fsp3) is 0.455. The number of rotatable bonds is 4. The SMILES string of the molecule is COc1cc(C)cc(C)c1CCS(=O)(=O)Cl. The smallest absolute Gasteiger partial charge is 0.232 e. The van der Waals surface area contributed by atoms with Gasteiger partial charge >= 0.3 is 0 Å². The van der Waals surface area contributed by atoms with E-state index in [1.807, 2.05) is 26.0 Å². The maximum Gasteiger partial charge on any atom is 0.232 e. The van der Waals surface area contributed by atoms with E-state index in [-0.39, 0.29) is 5.75 Å². The third-order valence-corrected chi connectivity index (χ3v) is 3.55. The lowest BCUT2D eigenvalue weighted by atomic mass is 10.0. The molecule has 0 spiro atoms. The van der Waals surface area contributed by atoms with Crippen molar-refractivity contribution in [2.45, 2.75) is 20.3 Å². The van der Waals surface area contributed by atoms with E-state index in [1.54, 1.807) is 7.11 Å². The van der Waals surface area contributed by atoms with Gasteiger partial charge in [0, 0.05) is 10.7 Å². The van der Waals surface area contributed by atoms with E-state index in [0.29, 0.717) is 6.42 Å². The fourth-order valence-corrected chi connectivity index (χ4v) is 2.36. The van der Waals surface area contributed by atoms with E-state index in [4.69, 9.17) is 15.4 Å². The molecule has 0 N–H and O–H groups in total. The van der Waals surface area contributed by atoms with Crippen molar-refractivity contribution in [2.24, 2.45) is 0 Å². The number of ether oxygens (including phenoxy) is 1. The molecule has 1 aromatic carbocycles. The Morgan fingerprint density at radius 1 is 1.31 bits per heavy atom. The summed E-state index contributed by atoms with van der Waals surface area (Å²) in [5, 5.41) is 0. The Morgan fingerprint density at radius 3 is 2.44 bits per heavy atom. The number of hydrogen-bond donors (Lipinski definition) is 0. The van der Waals surface area contributed by atoms with Crippen molar-refractivity contribution in [3.05, 3.63) is 28.8 Å². The number of aryl methyl sites for hydroxylation is 2. The summed E-state index contributed by atoms with van der Waals surface area (Å²) < 4.78 is 27.0. The largest absolute Gasteiger partial charge is 0.496 e. The molecule has 0 fully saturated rings. The standard InChI is InChI=1S/C11H15ClO3S/c1-8-6-9(2)10(11(7-8)15-3)4-5-16(12,13)14/h6-7H,4-5H2,1-3H3. The molecule has 0 saturated heterocycles. The second kappa shape index (κ2) is 5.06. The molecule has 90 valence electrons. The predicted molar refractivity (Wildman–Crippen MR) is 65.8 cm³/mol. The van der Waals surface area contributed by atoms with Gasteiger partial charge in [0.1, 0.15) is 5.75 Å². The molecule has 0 bridgehead atoms. The average Bonchev–Trinajstić information content (AvgIpc) is 2.13. The Hall–Kier alpha value is -0.740. The van der Waals surface area contributed by atoms with E-state index in [0.717, 1.165) is 22.4 Å². The summed E-state index contributed by atoms with van der Waals surface area (Å²) in [4.78, 5) is 0. The second-order valence-corrected chi connectivity index (χ2v) is 6.65. The van der Waals surface area contributed by atoms with Crippen molar-refractivity contribution in [3.8, 4) is 5.75 Å². The summed E-state index contributed by atoms with van der Waals surface area (Å²) in [7, 11) is 3.31. The van der Waals surface area contributed by atoms with Gasteiger partial charge in [0.15, 0.2) is 0 Å². The maximum absolute atomic E-state index is 10.9. The lowest BCUT2D eigenvalue weighted by molar-refractivity contribution is 0.409. The van der Waals surface area contributed by atoms with Crippen molar-refractivity contribution < 1.29 is 13.2 Å². The van der Waals surface area contributed by atoms with E-state index in [2.05, 4.69) is 0 Å². The number of halogens is 1. The summed E-state index contributed by atoms with van der Waals surface area (Å²) in [5.41, 5.74) is 3.02. The number of methoxy groups -OCH3 is 1. The highest BCUT2D eigenvalue weighted by Crippen LogP contribution is 2.25. The molecule has 0 saturated carbocycles. The Morgan fingerprint density at radius 2 is 1.94 bits per heavy atom. The fourth-order valence-electron chi connectivity index (χ4n) is 1.68. The molecular weight excluding hydrogens is 248 g/mol. The highest BCUT2D eigenvalue weighted by Gasteiger charge is 2.12. The molecule has 0 unspecified atom stereocenters. The quantitative estimate of drug-likeness (QED) is 0.783. The van der Waals surface area contributed by atoms with Gasteiger partial charge in [-0.3, -0.25) is 0 Å². The van der Waals surface area contributed by atoms with Crippen LogP contribution in [0.15, 0.2) is 12.1 Å².